The summed E-state index contributed by atoms with van der Waals surface area (Å²) in [6, 6.07) is 0. The van der Waals surface area contributed by atoms with Gasteiger partial charge in [-0.1, -0.05) is 39.5 Å². The number of hydrogen-bond acceptors (Lipinski definition) is 2. The summed E-state index contributed by atoms with van der Waals surface area (Å²) in [7, 11) is 1.98. The molecule has 1 aliphatic carbocycles. The average Bonchev–Trinajstić information content (AvgIpc) is 2.75. The lowest BCUT2D eigenvalue weighted by atomic mass is 9.77. The SMILES string of the molecule is CCCC1CCC(C(O)Cc2c(Br)c(CC)nn2C)CC1. The van der Waals surface area contributed by atoms with E-state index in [0.717, 1.165) is 28.2 Å². The predicted molar refractivity (Wildman–Crippen MR) is 90.4 cm³/mol. The quantitative estimate of drug-likeness (QED) is 0.826. The first-order valence-corrected chi connectivity index (χ1v) is 9.24. The van der Waals surface area contributed by atoms with Gasteiger partial charge in [0.15, 0.2) is 0 Å². The topological polar surface area (TPSA) is 38.1 Å². The Morgan fingerprint density at radius 3 is 2.48 bits per heavy atom. The summed E-state index contributed by atoms with van der Waals surface area (Å²) < 4.78 is 3.01. The summed E-state index contributed by atoms with van der Waals surface area (Å²) in [6.45, 7) is 4.38. The summed E-state index contributed by atoms with van der Waals surface area (Å²) >= 11 is 3.65. The molecule has 0 aliphatic heterocycles. The van der Waals surface area contributed by atoms with Crippen molar-refractivity contribution in [2.45, 2.75) is 71.3 Å². The molecule has 1 aliphatic rings. The molecule has 1 aromatic heterocycles. The fourth-order valence-electron chi connectivity index (χ4n) is 3.68. The molecule has 21 heavy (non-hydrogen) atoms. The van der Waals surface area contributed by atoms with Crippen LogP contribution in [-0.4, -0.2) is 21.0 Å². The van der Waals surface area contributed by atoms with Crippen LogP contribution in [-0.2, 0) is 19.9 Å². The highest BCUT2D eigenvalue weighted by Crippen LogP contribution is 2.34. The van der Waals surface area contributed by atoms with Gasteiger partial charge in [-0.25, -0.2) is 0 Å². The number of hydrogen-bond donors (Lipinski definition) is 1. The van der Waals surface area contributed by atoms with Gasteiger partial charge in [0.1, 0.15) is 0 Å². The monoisotopic (exact) mass is 356 g/mol. The van der Waals surface area contributed by atoms with Crippen LogP contribution in [0.25, 0.3) is 0 Å². The van der Waals surface area contributed by atoms with Crippen LogP contribution in [0.15, 0.2) is 4.47 Å². The molecule has 0 saturated heterocycles. The molecule has 1 aromatic rings. The van der Waals surface area contributed by atoms with Gasteiger partial charge in [0.2, 0.25) is 0 Å². The van der Waals surface area contributed by atoms with Crippen molar-refractivity contribution < 1.29 is 5.11 Å². The highest BCUT2D eigenvalue weighted by molar-refractivity contribution is 9.10. The van der Waals surface area contributed by atoms with Crippen molar-refractivity contribution in [1.29, 1.82) is 0 Å². The minimum absolute atomic E-state index is 0.232. The highest BCUT2D eigenvalue weighted by atomic mass is 79.9. The van der Waals surface area contributed by atoms with Crippen LogP contribution < -0.4 is 0 Å². The zero-order valence-electron chi connectivity index (χ0n) is 13.6. The van der Waals surface area contributed by atoms with Crippen molar-refractivity contribution in [3.8, 4) is 0 Å². The van der Waals surface area contributed by atoms with Gasteiger partial charge in [-0.3, -0.25) is 4.68 Å². The molecule has 0 amide bonds. The number of nitrogens with zero attached hydrogens (tertiary/aromatic N) is 2. The average molecular weight is 357 g/mol. The molecule has 1 fully saturated rings. The molecule has 0 aromatic carbocycles. The first-order valence-electron chi connectivity index (χ1n) is 8.45. The van der Waals surface area contributed by atoms with Crippen molar-refractivity contribution in [1.82, 2.24) is 9.78 Å². The number of aromatic nitrogens is 2. The van der Waals surface area contributed by atoms with Gasteiger partial charge in [-0.2, -0.15) is 5.10 Å². The smallest absolute Gasteiger partial charge is 0.0766 e. The van der Waals surface area contributed by atoms with E-state index in [2.05, 4.69) is 34.9 Å². The molecule has 1 atom stereocenters. The van der Waals surface area contributed by atoms with Gasteiger partial charge in [0.05, 0.1) is 22.0 Å². The molecule has 4 heteroatoms. The Morgan fingerprint density at radius 1 is 1.29 bits per heavy atom. The van der Waals surface area contributed by atoms with Crippen molar-refractivity contribution >= 4 is 15.9 Å². The zero-order chi connectivity index (χ0) is 15.4. The lowest BCUT2D eigenvalue weighted by Gasteiger charge is -2.31. The molecule has 1 N–H and O–H groups in total. The van der Waals surface area contributed by atoms with Crippen LogP contribution in [0.5, 0.6) is 0 Å². The van der Waals surface area contributed by atoms with E-state index in [9.17, 15) is 5.11 Å². The van der Waals surface area contributed by atoms with E-state index in [1.54, 1.807) is 0 Å². The van der Waals surface area contributed by atoms with E-state index in [4.69, 9.17) is 0 Å². The van der Waals surface area contributed by atoms with E-state index in [-0.39, 0.29) is 6.10 Å². The molecule has 1 saturated carbocycles. The Balaban J connectivity index is 1.93. The van der Waals surface area contributed by atoms with E-state index in [1.807, 2.05) is 11.7 Å². The summed E-state index contributed by atoms with van der Waals surface area (Å²) in [4.78, 5) is 0. The third kappa shape index (κ3) is 4.10. The normalized spacial score (nSPS) is 24.2. The molecule has 0 spiro atoms. The van der Waals surface area contributed by atoms with Crippen LogP contribution in [0.4, 0.5) is 0 Å². The fraction of sp³-hybridized carbons (Fsp3) is 0.824. The van der Waals surface area contributed by atoms with Crippen molar-refractivity contribution in [3.05, 3.63) is 15.9 Å². The molecule has 2 rings (SSSR count). The number of rotatable bonds is 6. The van der Waals surface area contributed by atoms with E-state index < -0.39 is 0 Å². The van der Waals surface area contributed by atoms with Gasteiger partial charge < -0.3 is 5.11 Å². The molecule has 0 radical (unpaired) electrons. The molecule has 120 valence electrons. The van der Waals surface area contributed by atoms with E-state index >= 15 is 0 Å². The third-order valence-corrected chi connectivity index (χ3v) is 5.95. The second kappa shape index (κ2) is 7.77. The molecule has 3 nitrogen and oxygen atoms in total. The third-order valence-electron chi connectivity index (χ3n) is 5.04. The number of halogens is 1. The maximum absolute atomic E-state index is 10.6. The fourth-order valence-corrected chi connectivity index (χ4v) is 4.45. The van der Waals surface area contributed by atoms with Gasteiger partial charge in [-0.15, -0.1) is 0 Å². The minimum atomic E-state index is -0.232. The molecule has 1 unspecified atom stereocenters. The van der Waals surface area contributed by atoms with Crippen LogP contribution >= 0.6 is 15.9 Å². The minimum Gasteiger partial charge on any atom is -0.392 e. The largest absolute Gasteiger partial charge is 0.392 e. The van der Waals surface area contributed by atoms with Crippen molar-refractivity contribution in [3.63, 3.8) is 0 Å². The molecular formula is C17H29BrN2O. The Hall–Kier alpha value is -0.350. The number of aliphatic hydroxyl groups excluding tert-OH is 1. The summed E-state index contributed by atoms with van der Waals surface area (Å²) in [5, 5.41) is 15.1. The Morgan fingerprint density at radius 2 is 1.95 bits per heavy atom. The summed E-state index contributed by atoms with van der Waals surface area (Å²) in [5.74, 6) is 1.36. The summed E-state index contributed by atoms with van der Waals surface area (Å²) in [6.07, 6.45) is 9.01. The zero-order valence-corrected chi connectivity index (χ0v) is 15.2. The standard InChI is InChI=1S/C17H29BrN2O/c1-4-6-12-7-9-13(10-8-12)16(21)11-15-17(18)14(5-2)19-20(15)3/h12-13,16,21H,4-11H2,1-3H3. The molecule has 0 bridgehead atoms. The predicted octanol–water partition coefficient (Wildman–Crippen LogP) is 4.25. The number of aliphatic hydroxyl groups is 1. The maximum Gasteiger partial charge on any atom is 0.0766 e. The van der Waals surface area contributed by atoms with Crippen LogP contribution in [0.1, 0.15) is 63.8 Å². The number of aryl methyl sites for hydroxylation is 2. The Labute approximate surface area is 137 Å². The van der Waals surface area contributed by atoms with Crippen LogP contribution in [0, 0.1) is 11.8 Å². The van der Waals surface area contributed by atoms with Crippen LogP contribution in [0.2, 0.25) is 0 Å². The second-order valence-corrected chi connectivity index (χ2v) is 7.32. The highest BCUT2D eigenvalue weighted by Gasteiger charge is 2.27. The molecular weight excluding hydrogens is 328 g/mol. The Kier molecular flexibility index (Phi) is 6.30. The first kappa shape index (κ1) is 17.0. The summed E-state index contributed by atoms with van der Waals surface area (Å²) in [5.41, 5.74) is 2.22. The van der Waals surface area contributed by atoms with Gasteiger partial charge in [0, 0.05) is 13.5 Å². The second-order valence-electron chi connectivity index (χ2n) is 6.53. The van der Waals surface area contributed by atoms with E-state index in [0.29, 0.717) is 12.3 Å². The van der Waals surface area contributed by atoms with Gasteiger partial charge in [-0.05, 0) is 47.0 Å². The molecule has 1 heterocycles. The Bertz CT molecular complexity index is 450. The van der Waals surface area contributed by atoms with Crippen molar-refractivity contribution in [2.24, 2.45) is 18.9 Å². The van der Waals surface area contributed by atoms with E-state index in [1.165, 1.54) is 38.5 Å². The lowest BCUT2D eigenvalue weighted by Crippen LogP contribution is -2.28. The van der Waals surface area contributed by atoms with Gasteiger partial charge in [0.25, 0.3) is 0 Å². The van der Waals surface area contributed by atoms with Crippen LogP contribution in [0.3, 0.4) is 0 Å². The first-order chi connectivity index (χ1) is 10.1. The lowest BCUT2D eigenvalue weighted by molar-refractivity contribution is 0.0712. The van der Waals surface area contributed by atoms with Crippen molar-refractivity contribution in [2.75, 3.05) is 0 Å². The maximum atomic E-state index is 10.6. The van der Waals surface area contributed by atoms with Gasteiger partial charge >= 0.3 is 0 Å².